The maximum Gasteiger partial charge on any atom is 0.113 e. The first kappa shape index (κ1) is 11.8. The van der Waals surface area contributed by atoms with Crippen molar-refractivity contribution < 1.29 is 5.11 Å². The molecule has 2 rings (SSSR count). The van der Waals surface area contributed by atoms with Crippen molar-refractivity contribution in [2.45, 2.75) is 25.9 Å². The predicted octanol–water partition coefficient (Wildman–Crippen LogP) is 2.90. The third-order valence-corrected chi connectivity index (χ3v) is 3.15. The first-order valence-corrected chi connectivity index (χ1v) is 5.87. The van der Waals surface area contributed by atoms with E-state index in [1.165, 1.54) is 5.56 Å². The van der Waals surface area contributed by atoms with Gasteiger partial charge in [0, 0.05) is 18.0 Å². The minimum atomic E-state index is -0.986. The fourth-order valence-corrected chi connectivity index (χ4v) is 1.88. The van der Waals surface area contributed by atoms with Gasteiger partial charge in [0.1, 0.15) is 5.60 Å². The van der Waals surface area contributed by atoms with Crippen LogP contribution in [0, 0.1) is 0 Å². The van der Waals surface area contributed by atoms with Crippen LogP contribution < -0.4 is 0 Å². The molecule has 0 fully saturated rings. The SMILES string of the molecule is CCc1ccc(C(C)(O)c2cccnc2)cc1. The third kappa shape index (κ3) is 2.37. The number of hydrogen-bond donors (Lipinski definition) is 1. The Balaban J connectivity index is 2.37. The van der Waals surface area contributed by atoms with Crippen molar-refractivity contribution in [3.8, 4) is 0 Å². The van der Waals surface area contributed by atoms with Gasteiger partial charge in [0.2, 0.25) is 0 Å². The van der Waals surface area contributed by atoms with Crippen LogP contribution >= 0.6 is 0 Å². The van der Waals surface area contributed by atoms with E-state index in [0.717, 1.165) is 17.5 Å². The highest BCUT2D eigenvalue weighted by molar-refractivity contribution is 5.35. The zero-order chi connectivity index (χ0) is 12.3. The lowest BCUT2D eigenvalue weighted by Gasteiger charge is -2.24. The van der Waals surface area contributed by atoms with Gasteiger partial charge >= 0.3 is 0 Å². The number of nitrogens with zero attached hydrogens (tertiary/aromatic N) is 1. The molecular formula is C15H17NO. The normalized spacial score (nSPS) is 14.3. The van der Waals surface area contributed by atoms with Crippen molar-refractivity contribution in [3.63, 3.8) is 0 Å². The Morgan fingerprint density at radius 2 is 1.82 bits per heavy atom. The van der Waals surface area contributed by atoms with Gasteiger partial charge in [0.25, 0.3) is 0 Å². The highest BCUT2D eigenvalue weighted by atomic mass is 16.3. The predicted molar refractivity (Wildman–Crippen MR) is 68.7 cm³/mol. The average Bonchev–Trinajstić information content (AvgIpc) is 2.40. The van der Waals surface area contributed by atoms with E-state index >= 15 is 0 Å². The largest absolute Gasteiger partial charge is 0.381 e. The molecule has 0 bridgehead atoms. The summed E-state index contributed by atoms with van der Waals surface area (Å²) >= 11 is 0. The molecule has 1 aromatic carbocycles. The van der Waals surface area contributed by atoms with E-state index in [-0.39, 0.29) is 0 Å². The molecule has 0 aliphatic heterocycles. The summed E-state index contributed by atoms with van der Waals surface area (Å²) in [6.07, 6.45) is 4.42. The molecular weight excluding hydrogens is 210 g/mol. The molecule has 88 valence electrons. The van der Waals surface area contributed by atoms with Crippen LogP contribution in [0.2, 0.25) is 0 Å². The van der Waals surface area contributed by atoms with Gasteiger partial charge in [-0.3, -0.25) is 4.98 Å². The first-order valence-electron chi connectivity index (χ1n) is 5.87. The zero-order valence-electron chi connectivity index (χ0n) is 10.2. The average molecular weight is 227 g/mol. The van der Waals surface area contributed by atoms with Crippen LogP contribution in [0.25, 0.3) is 0 Å². The number of aliphatic hydroxyl groups is 1. The molecule has 0 aliphatic carbocycles. The molecule has 0 saturated heterocycles. The second kappa shape index (κ2) is 4.68. The number of pyridine rings is 1. The van der Waals surface area contributed by atoms with Gasteiger partial charge in [0.15, 0.2) is 0 Å². The van der Waals surface area contributed by atoms with Gasteiger partial charge < -0.3 is 5.11 Å². The lowest BCUT2D eigenvalue weighted by molar-refractivity contribution is 0.102. The Kier molecular flexibility index (Phi) is 3.25. The fraction of sp³-hybridized carbons (Fsp3) is 0.267. The van der Waals surface area contributed by atoms with Crippen molar-refractivity contribution in [2.24, 2.45) is 0 Å². The minimum absolute atomic E-state index is 0.809. The monoisotopic (exact) mass is 227 g/mol. The summed E-state index contributed by atoms with van der Waals surface area (Å²) in [4.78, 5) is 4.05. The second-order valence-electron chi connectivity index (χ2n) is 4.36. The number of benzene rings is 1. The molecule has 0 spiro atoms. The van der Waals surface area contributed by atoms with E-state index in [2.05, 4.69) is 24.0 Å². The van der Waals surface area contributed by atoms with E-state index in [4.69, 9.17) is 0 Å². The molecule has 1 heterocycles. The molecule has 2 nitrogen and oxygen atoms in total. The first-order chi connectivity index (χ1) is 8.14. The van der Waals surface area contributed by atoms with E-state index in [1.54, 1.807) is 19.3 Å². The molecule has 1 unspecified atom stereocenters. The van der Waals surface area contributed by atoms with Crippen molar-refractivity contribution in [2.75, 3.05) is 0 Å². The highest BCUT2D eigenvalue weighted by Crippen LogP contribution is 2.28. The Bertz CT molecular complexity index is 474. The van der Waals surface area contributed by atoms with Crippen molar-refractivity contribution >= 4 is 0 Å². The number of aryl methyl sites for hydroxylation is 1. The van der Waals surface area contributed by atoms with Gasteiger partial charge in [-0.2, -0.15) is 0 Å². The summed E-state index contributed by atoms with van der Waals surface area (Å²) in [5.74, 6) is 0. The smallest absolute Gasteiger partial charge is 0.113 e. The van der Waals surface area contributed by atoms with Crippen LogP contribution in [0.15, 0.2) is 48.8 Å². The standard InChI is InChI=1S/C15H17NO/c1-3-12-6-8-13(9-7-12)15(2,17)14-5-4-10-16-11-14/h4-11,17H,3H2,1-2H3. The molecule has 0 aliphatic rings. The summed E-state index contributed by atoms with van der Waals surface area (Å²) in [6, 6.07) is 11.8. The maximum absolute atomic E-state index is 10.6. The molecule has 2 aromatic rings. The number of aromatic nitrogens is 1. The van der Waals surface area contributed by atoms with Gasteiger partial charge in [-0.15, -0.1) is 0 Å². The third-order valence-electron chi connectivity index (χ3n) is 3.15. The molecule has 0 radical (unpaired) electrons. The molecule has 0 amide bonds. The summed E-state index contributed by atoms with van der Waals surface area (Å²) in [5.41, 5.74) is 1.99. The number of rotatable bonds is 3. The van der Waals surface area contributed by atoms with E-state index in [1.807, 2.05) is 24.3 Å². The van der Waals surface area contributed by atoms with Gasteiger partial charge in [-0.1, -0.05) is 37.3 Å². The van der Waals surface area contributed by atoms with Crippen LogP contribution in [-0.4, -0.2) is 10.1 Å². The Hall–Kier alpha value is -1.67. The van der Waals surface area contributed by atoms with E-state index in [9.17, 15) is 5.11 Å². The van der Waals surface area contributed by atoms with Crippen LogP contribution in [-0.2, 0) is 12.0 Å². The van der Waals surface area contributed by atoms with Gasteiger partial charge in [-0.05, 0) is 30.5 Å². The molecule has 17 heavy (non-hydrogen) atoms. The van der Waals surface area contributed by atoms with E-state index < -0.39 is 5.60 Å². The maximum atomic E-state index is 10.6. The van der Waals surface area contributed by atoms with Crippen LogP contribution in [0.1, 0.15) is 30.5 Å². The molecule has 2 heteroatoms. The summed E-state index contributed by atoms with van der Waals surface area (Å²) in [5, 5.41) is 10.6. The molecule has 1 N–H and O–H groups in total. The molecule has 1 atom stereocenters. The zero-order valence-corrected chi connectivity index (χ0v) is 10.2. The quantitative estimate of drug-likeness (QED) is 0.874. The lowest BCUT2D eigenvalue weighted by Crippen LogP contribution is -2.22. The minimum Gasteiger partial charge on any atom is -0.381 e. The van der Waals surface area contributed by atoms with E-state index in [0.29, 0.717) is 0 Å². The Morgan fingerprint density at radius 3 is 2.35 bits per heavy atom. The highest BCUT2D eigenvalue weighted by Gasteiger charge is 2.25. The summed E-state index contributed by atoms with van der Waals surface area (Å²) < 4.78 is 0. The fourth-order valence-electron chi connectivity index (χ4n) is 1.88. The lowest BCUT2D eigenvalue weighted by atomic mass is 9.89. The Labute approximate surface area is 102 Å². The van der Waals surface area contributed by atoms with Gasteiger partial charge in [0.05, 0.1) is 0 Å². The summed E-state index contributed by atoms with van der Waals surface area (Å²) in [6.45, 7) is 3.92. The van der Waals surface area contributed by atoms with Gasteiger partial charge in [-0.25, -0.2) is 0 Å². The topological polar surface area (TPSA) is 33.1 Å². The number of hydrogen-bond acceptors (Lipinski definition) is 2. The molecule has 0 saturated carbocycles. The van der Waals surface area contributed by atoms with Crippen LogP contribution in [0.5, 0.6) is 0 Å². The van der Waals surface area contributed by atoms with Crippen LogP contribution in [0.3, 0.4) is 0 Å². The van der Waals surface area contributed by atoms with Crippen LogP contribution in [0.4, 0.5) is 0 Å². The van der Waals surface area contributed by atoms with Crippen molar-refractivity contribution in [1.29, 1.82) is 0 Å². The second-order valence-corrected chi connectivity index (χ2v) is 4.36. The van der Waals surface area contributed by atoms with Crippen molar-refractivity contribution in [1.82, 2.24) is 4.98 Å². The Morgan fingerprint density at radius 1 is 1.12 bits per heavy atom. The van der Waals surface area contributed by atoms with Crippen molar-refractivity contribution in [3.05, 3.63) is 65.5 Å². The summed E-state index contributed by atoms with van der Waals surface area (Å²) in [7, 11) is 0. The molecule has 1 aromatic heterocycles.